The van der Waals surface area contributed by atoms with Gasteiger partial charge in [-0.25, -0.2) is 0 Å². The van der Waals surface area contributed by atoms with Crippen LogP contribution in [0.5, 0.6) is 0 Å². The Morgan fingerprint density at radius 1 is 1.56 bits per heavy atom. The molecule has 0 aliphatic carbocycles. The molecule has 1 unspecified atom stereocenters. The molecule has 0 aromatic heterocycles. The van der Waals surface area contributed by atoms with Crippen LogP contribution in [0.25, 0.3) is 10.6 Å². The van der Waals surface area contributed by atoms with Gasteiger partial charge in [0.2, 0.25) is 5.91 Å². The predicted octanol–water partition coefficient (Wildman–Crippen LogP) is 3.37. The van der Waals surface area contributed by atoms with E-state index in [1.807, 2.05) is 12.3 Å². The lowest BCUT2D eigenvalue weighted by atomic mass is 10.0. The van der Waals surface area contributed by atoms with E-state index in [9.17, 15) is 9.59 Å². The molecule has 0 fully saturated rings. The van der Waals surface area contributed by atoms with Gasteiger partial charge in [-0.05, 0) is 6.42 Å². The van der Waals surface area contributed by atoms with Crippen LogP contribution in [0.3, 0.4) is 0 Å². The standard InChI is InChI=1S/C12H16N2O2S2/c1-3-4-5-7(2)11(15)14-9-10-8(6-17-18-10)13-12(9)16/h6-7H,3-5H2,1-2H3,(H,13,16)(H,14,15). The zero-order chi connectivity index (χ0) is 13.1. The van der Waals surface area contributed by atoms with Crippen molar-refractivity contribution in [3.05, 3.63) is 15.7 Å². The first-order chi connectivity index (χ1) is 8.63. The van der Waals surface area contributed by atoms with Gasteiger partial charge in [-0.3, -0.25) is 9.59 Å². The fraction of sp³-hybridized carbons (Fsp3) is 0.500. The van der Waals surface area contributed by atoms with Gasteiger partial charge in [-0.1, -0.05) is 47.4 Å². The van der Waals surface area contributed by atoms with E-state index >= 15 is 0 Å². The summed E-state index contributed by atoms with van der Waals surface area (Å²) < 4.78 is 0. The van der Waals surface area contributed by atoms with Crippen LogP contribution in [0.15, 0.2) is 10.2 Å². The third kappa shape index (κ3) is 2.64. The number of anilines is 1. The minimum atomic E-state index is -0.208. The van der Waals surface area contributed by atoms with Gasteiger partial charge >= 0.3 is 0 Å². The highest BCUT2D eigenvalue weighted by molar-refractivity contribution is 7.70. The highest BCUT2D eigenvalue weighted by Crippen LogP contribution is 2.35. The fourth-order valence-electron chi connectivity index (χ4n) is 1.77. The minimum Gasteiger partial charge on any atom is -0.320 e. The molecule has 0 bridgehead atoms. The molecule has 0 aromatic rings. The van der Waals surface area contributed by atoms with E-state index in [1.54, 1.807) is 10.3 Å². The first-order valence-corrected chi connectivity index (χ1v) is 8.25. The molecule has 2 heterocycles. The molecule has 4 nitrogen and oxygen atoms in total. The Kier molecular flexibility index (Phi) is 4.19. The summed E-state index contributed by atoms with van der Waals surface area (Å²) in [7, 11) is 3.05. The number of aromatic nitrogens is 1. The topological polar surface area (TPSA) is 62.0 Å². The van der Waals surface area contributed by atoms with Crippen LogP contribution in [0.1, 0.15) is 33.1 Å². The van der Waals surface area contributed by atoms with Crippen molar-refractivity contribution >= 4 is 32.3 Å². The number of rotatable bonds is 5. The summed E-state index contributed by atoms with van der Waals surface area (Å²) in [4.78, 5) is 27.3. The average Bonchev–Trinajstić information content (AvgIpc) is 2.89. The van der Waals surface area contributed by atoms with Gasteiger partial charge in [0.15, 0.2) is 0 Å². The van der Waals surface area contributed by atoms with Crippen LogP contribution in [0, 0.1) is 5.92 Å². The second-order valence-corrected chi connectivity index (χ2v) is 6.48. The molecule has 0 spiro atoms. The molecular weight excluding hydrogens is 268 g/mol. The van der Waals surface area contributed by atoms with E-state index in [4.69, 9.17) is 0 Å². The van der Waals surface area contributed by atoms with Gasteiger partial charge < -0.3 is 10.3 Å². The van der Waals surface area contributed by atoms with Gasteiger partial charge in [0.05, 0.1) is 10.6 Å². The summed E-state index contributed by atoms with van der Waals surface area (Å²) in [6.07, 6.45) is 2.96. The maximum atomic E-state index is 12.0. The summed E-state index contributed by atoms with van der Waals surface area (Å²) in [6, 6.07) is 0. The third-order valence-electron chi connectivity index (χ3n) is 2.93. The summed E-state index contributed by atoms with van der Waals surface area (Å²) in [5.41, 5.74) is 1.01. The molecule has 2 aliphatic heterocycles. The Balaban J connectivity index is 2.09. The van der Waals surface area contributed by atoms with Crippen LogP contribution in [-0.4, -0.2) is 10.9 Å². The molecule has 1 amide bonds. The smallest absolute Gasteiger partial charge is 0.273 e. The van der Waals surface area contributed by atoms with E-state index in [1.165, 1.54) is 10.3 Å². The van der Waals surface area contributed by atoms with Crippen molar-refractivity contribution in [2.24, 2.45) is 5.92 Å². The molecule has 0 saturated heterocycles. The van der Waals surface area contributed by atoms with Crippen molar-refractivity contribution < 1.29 is 4.79 Å². The maximum Gasteiger partial charge on any atom is 0.273 e. The van der Waals surface area contributed by atoms with Crippen molar-refractivity contribution in [3.63, 3.8) is 0 Å². The van der Waals surface area contributed by atoms with Gasteiger partial charge in [-0.15, -0.1) is 0 Å². The number of hydrogen-bond acceptors (Lipinski definition) is 4. The summed E-state index contributed by atoms with van der Waals surface area (Å²) in [5.74, 6) is -0.127. The molecule has 2 rings (SSSR count). The molecule has 6 heteroatoms. The number of carbonyl (C=O) groups is 1. The van der Waals surface area contributed by atoms with Gasteiger partial charge in [-0.2, -0.15) is 0 Å². The fourth-order valence-corrected chi connectivity index (χ4v) is 3.93. The molecule has 0 aromatic carbocycles. The molecule has 2 N–H and O–H groups in total. The van der Waals surface area contributed by atoms with Crippen LogP contribution in [0.2, 0.25) is 0 Å². The molecule has 0 radical (unpaired) electrons. The number of H-pyrrole nitrogens is 1. The highest BCUT2D eigenvalue weighted by Gasteiger charge is 2.21. The first-order valence-electron chi connectivity index (χ1n) is 6.03. The monoisotopic (exact) mass is 284 g/mol. The normalized spacial score (nSPS) is 12.8. The van der Waals surface area contributed by atoms with Crippen molar-refractivity contribution in [1.82, 2.24) is 4.98 Å². The number of hydrogen-bond donors (Lipinski definition) is 2. The van der Waals surface area contributed by atoms with Crippen LogP contribution in [-0.2, 0) is 4.79 Å². The zero-order valence-electron chi connectivity index (χ0n) is 10.4. The van der Waals surface area contributed by atoms with Crippen molar-refractivity contribution in [1.29, 1.82) is 0 Å². The molecule has 18 heavy (non-hydrogen) atoms. The van der Waals surface area contributed by atoms with E-state index in [0.717, 1.165) is 29.8 Å². The molecule has 2 aliphatic rings. The van der Waals surface area contributed by atoms with Crippen LogP contribution in [0.4, 0.5) is 5.69 Å². The molecule has 98 valence electrons. The lowest BCUT2D eigenvalue weighted by Crippen LogP contribution is -2.23. The number of aromatic amines is 1. The summed E-state index contributed by atoms with van der Waals surface area (Å²) in [6.45, 7) is 4.00. The highest BCUT2D eigenvalue weighted by atomic mass is 32.9. The Morgan fingerprint density at radius 2 is 2.33 bits per heavy atom. The number of nitrogens with one attached hydrogen (secondary N) is 2. The molecule has 1 atom stereocenters. The Hall–Kier alpha value is -1.14. The number of fused-ring (bicyclic) bond motifs is 1. The first kappa shape index (κ1) is 13.3. The zero-order valence-corrected chi connectivity index (χ0v) is 12.0. The average molecular weight is 284 g/mol. The number of amides is 1. The van der Waals surface area contributed by atoms with Gasteiger partial charge in [0, 0.05) is 11.3 Å². The second kappa shape index (κ2) is 5.67. The van der Waals surface area contributed by atoms with E-state index in [2.05, 4.69) is 17.2 Å². The SMILES string of the molecule is CCCCC(C)C(=O)Nc1c2sscc-2[nH]c1=O. The number of carbonyl (C=O) groups excluding carboxylic acids is 1. The lowest BCUT2D eigenvalue weighted by molar-refractivity contribution is -0.119. The number of unbranched alkanes of at least 4 members (excludes halogenated alkanes) is 1. The Morgan fingerprint density at radius 3 is 3.06 bits per heavy atom. The quantitative estimate of drug-likeness (QED) is 0.827. The summed E-state index contributed by atoms with van der Waals surface area (Å²) in [5, 5.41) is 4.65. The van der Waals surface area contributed by atoms with Crippen molar-refractivity contribution in [2.75, 3.05) is 5.32 Å². The summed E-state index contributed by atoms with van der Waals surface area (Å²) >= 11 is 0. The molecular formula is C12H16N2O2S2. The largest absolute Gasteiger partial charge is 0.320 e. The van der Waals surface area contributed by atoms with Gasteiger partial charge in [0.1, 0.15) is 5.69 Å². The Bertz CT molecular complexity index is 555. The Labute approximate surface area is 113 Å². The van der Waals surface area contributed by atoms with Crippen LogP contribution >= 0.6 is 20.7 Å². The van der Waals surface area contributed by atoms with E-state index in [-0.39, 0.29) is 17.4 Å². The second-order valence-electron chi connectivity index (χ2n) is 4.40. The predicted molar refractivity (Wildman–Crippen MR) is 76.8 cm³/mol. The van der Waals surface area contributed by atoms with E-state index in [0.29, 0.717) is 5.69 Å². The third-order valence-corrected chi connectivity index (χ3v) is 5.03. The van der Waals surface area contributed by atoms with Crippen molar-refractivity contribution in [3.8, 4) is 10.6 Å². The van der Waals surface area contributed by atoms with Gasteiger partial charge in [0.25, 0.3) is 5.56 Å². The maximum absolute atomic E-state index is 12.0. The minimum absolute atomic E-state index is 0.0575. The van der Waals surface area contributed by atoms with Crippen molar-refractivity contribution in [2.45, 2.75) is 33.1 Å². The van der Waals surface area contributed by atoms with E-state index < -0.39 is 0 Å². The molecule has 0 saturated carbocycles. The van der Waals surface area contributed by atoms with Crippen LogP contribution < -0.4 is 10.9 Å². The lowest BCUT2D eigenvalue weighted by Gasteiger charge is -2.10.